The molecule has 0 atom stereocenters. The molecule has 1 aromatic heterocycles. The number of aromatic nitrogens is 2. The third kappa shape index (κ3) is 2.30. The Hall–Kier alpha value is -0.900. The molecule has 0 bridgehead atoms. The first-order valence-corrected chi connectivity index (χ1v) is 7.41. The molecular formula is C14H23N3O. The molecule has 4 heteroatoms. The summed E-state index contributed by atoms with van der Waals surface area (Å²) in [6, 6.07) is 0. The van der Waals surface area contributed by atoms with Gasteiger partial charge >= 0.3 is 0 Å². The smallest absolute Gasteiger partial charge is 0.229 e. The topological polar surface area (TPSA) is 64.9 Å². The highest BCUT2D eigenvalue weighted by Crippen LogP contribution is 2.36. The van der Waals surface area contributed by atoms with Crippen LogP contribution in [0.3, 0.4) is 0 Å². The first kappa shape index (κ1) is 12.2. The molecule has 18 heavy (non-hydrogen) atoms. The van der Waals surface area contributed by atoms with Crippen LogP contribution in [0.5, 0.6) is 0 Å². The van der Waals surface area contributed by atoms with Crippen molar-refractivity contribution in [1.29, 1.82) is 0 Å². The Morgan fingerprint density at radius 3 is 2.33 bits per heavy atom. The van der Waals surface area contributed by atoms with Crippen LogP contribution in [0.4, 0.5) is 0 Å². The molecule has 0 unspecified atom stereocenters. The molecule has 0 aromatic carbocycles. The van der Waals surface area contributed by atoms with Crippen LogP contribution in [0.25, 0.3) is 0 Å². The van der Waals surface area contributed by atoms with Gasteiger partial charge in [-0.05, 0) is 25.7 Å². The maximum Gasteiger partial charge on any atom is 0.229 e. The molecule has 2 N–H and O–H groups in total. The third-order valence-electron chi connectivity index (χ3n) is 4.59. The van der Waals surface area contributed by atoms with E-state index in [-0.39, 0.29) is 5.54 Å². The molecule has 100 valence electrons. The van der Waals surface area contributed by atoms with Crippen LogP contribution in [0.1, 0.15) is 81.8 Å². The summed E-state index contributed by atoms with van der Waals surface area (Å²) in [7, 11) is 0. The molecule has 0 saturated heterocycles. The fourth-order valence-corrected chi connectivity index (χ4v) is 3.36. The van der Waals surface area contributed by atoms with E-state index in [0.717, 1.165) is 24.6 Å². The summed E-state index contributed by atoms with van der Waals surface area (Å²) in [5.41, 5.74) is 6.06. The molecule has 2 aliphatic rings. The zero-order chi connectivity index (χ0) is 12.4. The zero-order valence-electron chi connectivity index (χ0n) is 11.0. The summed E-state index contributed by atoms with van der Waals surface area (Å²) >= 11 is 0. The molecule has 4 nitrogen and oxygen atoms in total. The normalized spacial score (nSPS) is 25.2. The van der Waals surface area contributed by atoms with Crippen molar-refractivity contribution in [3.05, 3.63) is 11.7 Å². The summed E-state index contributed by atoms with van der Waals surface area (Å²) < 4.78 is 5.50. The van der Waals surface area contributed by atoms with Crippen molar-refractivity contribution in [2.45, 2.75) is 75.7 Å². The standard InChI is InChI=1S/C14H23N3O/c15-14(9-5-6-10-14)13-16-12(18-17-13)11-7-3-1-2-4-8-11/h11H,1-10,15H2. The second kappa shape index (κ2) is 5.00. The van der Waals surface area contributed by atoms with Gasteiger partial charge in [0.25, 0.3) is 0 Å². The Bertz CT molecular complexity index is 387. The summed E-state index contributed by atoms with van der Waals surface area (Å²) in [5.74, 6) is 2.06. The Balaban J connectivity index is 1.76. The van der Waals surface area contributed by atoms with Crippen molar-refractivity contribution in [2.75, 3.05) is 0 Å². The zero-order valence-corrected chi connectivity index (χ0v) is 11.0. The van der Waals surface area contributed by atoms with Crippen LogP contribution < -0.4 is 5.73 Å². The predicted octanol–water partition coefficient (Wildman–Crippen LogP) is 3.24. The van der Waals surface area contributed by atoms with E-state index in [9.17, 15) is 0 Å². The molecule has 2 aliphatic carbocycles. The average Bonchev–Trinajstić information content (AvgIpc) is 2.94. The first-order valence-electron chi connectivity index (χ1n) is 7.41. The average molecular weight is 249 g/mol. The maximum atomic E-state index is 6.37. The van der Waals surface area contributed by atoms with Gasteiger partial charge in [0.1, 0.15) is 0 Å². The molecule has 0 aliphatic heterocycles. The summed E-state index contributed by atoms with van der Waals surface area (Å²) in [5, 5.41) is 4.16. The molecule has 2 saturated carbocycles. The lowest BCUT2D eigenvalue weighted by Crippen LogP contribution is -2.34. The van der Waals surface area contributed by atoms with Gasteiger partial charge in [-0.2, -0.15) is 4.98 Å². The van der Waals surface area contributed by atoms with Crippen molar-refractivity contribution in [3.63, 3.8) is 0 Å². The van der Waals surface area contributed by atoms with E-state index in [1.54, 1.807) is 0 Å². The van der Waals surface area contributed by atoms with E-state index in [2.05, 4.69) is 10.1 Å². The van der Waals surface area contributed by atoms with Gasteiger partial charge in [-0.25, -0.2) is 0 Å². The van der Waals surface area contributed by atoms with Gasteiger partial charge in [0, 0.05) is 5.92 Å². The highest BCUT2D eigenvalue weighted by molar-refractivity contribution is 5.08. The number of rotatable bonds is 2. The van der Waals surface area contributed by atoms with Crippen LogP contribution in [0.15, 0.2) is 4.52 Å². The van der Waals surface area contributed by atoms with Crippen molar-refractivity contribution >= 4 is 0 Å². The molecule has 1 aromatic rings. The summed E-state index contributed by atoms with van der Waals surface area (Å²) in [6.07, 6.45) is 12.0. The lowest BCUT2D eigenvalue weighted by molar-refractivity contribution is 0.325. The fourth-order valence-electron chi connectivity index (χ4n) is 3.36. The van der Waals surface area contributed by atoms with Gasteiger partial charge < -0.3 is 10.3 Å². The number of hydrogen-bond acceptors (Lipinski definition) is 4. The minimum Gasteiger partial charge on any atom is -0.339 e. The maximum absolute atomic E-state index is 6.37. The van der Waals surface area contributed by atoms with Crippen molar-refractivity contribution < 1.29 is 4.52 Å². The Morgan fingerprint density at radius 1 is 1.00 bits per heavy atom. The van der Waals surface area contributed by atoms with E-state index < -0.39 is 0 Å². The van der Waals surface area contributed by atoms with Gasteiger partial charge in [-0.3, -0.25) is 0 Å². The minimum absolute atomic E-state index is 0.313. The minimum atomic E-state index is -0.313. The molecule has 1 heterocycles. The van der Waals surface area contributed by atoms with Crippen molar-refractivity contribution in [2.24, 2.45) is 5.73 Å². The summed E-state index contributed by atoms with van der Waals surface area (Å²) in [6.45, 7) is 0. The van der Waals surface area contributed by atoms with E-state index in [1.807, 2.05) is 0 Å². The van der Waals surface area contributed by atoms with Crippen LogP contribution in [0.2, 0.25) is 0 Å². The highest BCUT2D eigenvalue weighted by atomic mass is 16.5. The molecule has 0 amide bonds. The summed E-state index contributed by atoms with van der Waals surface area (Å²) in [4.78, 5) is 4.63. The highest BCUT2D eigenvalue weighted by Gasteiger charge is 2.36. The van der Waals surface area contributed by atoms with Crippen LogP contribution >= 0.6 is 0 Å². The molecule has 0 spiro atoms. The van der Waals surface area contributed by atoms with Gasteiger partial charge in [0.05, 0.1) is 5.54 Å². The molecular weight excluding hydrogens is 226 g/mol. The number of hydrogen-bond donors (Lipinski definition) is 1. The fraction of sp³-hybridized carbons (Fsp3) is 0.857. The number of nitrogens with two attached hydrogens (primary N) is 1. The lowest BCUT2D eigenvalue weighted by atomic mass is 9.98. The molecule has 3 rings (SSSR count). The Morgan fingerprint density at radius 2 is 1.67 bits per heavy atom. The van der Waals surface area contributed by atoms with E-state index >= 15 is 0 Å². The monoisotopic (exact) mass is 249 g/mol. The van der Waals surface area contributed by atoms with Crippen LogP contribution in [0, 0.1) is 0 Å². The molecule has 2 fully saturated rings. The third-order valence-corrected chi connectivity index (χ3v) is 4.59. The SMILES string of the molecule is NC1(c2noc(C3CCCCCC3)n2)CCCC1. The Labute approximate surface area is 108 Å². The quantitative estimate of drug-likeness (QED) is 0.817. The van der Waals surface area contributed by atoms with Crippen molar-refractivity contribution in [3.8, 4) is 0 Å². The van der Waals surface area contributed by atoms with Crippen LogP contribution in [-0.4, -0.2) is 10.1 Å². The predicted molar refractivity (Wildman–Crippen MR) is 69.1 cm³/mol. The van der Waals surface area contributed by atoms with Crippen LogP contribution in [-0.2, 0) is 5.54 Å². The van der Waals surface area contributed by atoms with Gasteiger partial charge in [0.15, 0.2) is 5.82 Å². The van der Waals surface area contributed by atoms with E-state index in [1.165, 1.54) is 51.4 Å². The van der Waals surface area contributed by atoms with Gasteiger partial charge in [0.2, 0.25) is 5.89 Å². The van der Waals surface area contributed by atoms with Gasteiger partial charge in [-0.1, -0.05) is 43.7 Å². The largest absolute Gasteiger partial charge is 0.339 e. The number of nitrogens with zero attached hydrogens (tertiary/aromatic N) is 2. The first-order chi connectivity index (χ1) is 8.78. The second-order valence-electron chi connectivity index (χ2n) is 6.01. The van der Waals surface area contributed by atoms with E-state index in [0.29, 0.717) is 5.92 Å². The van der Waals surface area contributed by atoms with E-state index in [4.69, 9.17) is 10.3 Å². The second-order valence-corrected chi connectivity index (χ2v) is 6.01. The van der Waals surface area contributed by atoms with Crippen molar-refractivity contribution in [1.82, 2.24) is 10.1 Å². The van der Waals surface area contributed by atoms with Gasteiger partial charge in [-0.15, -0.1) is 0 Å². The lowest BCUT2D eigenvalue weighted by Gasteiger charge is -2.17. The molecule has 0 radical (unpaired) electrons. The Kier molecular flexibility index (Phi) is 3.37.